The van der Waals surface area contributed by atoms with Gasteiger partial charge < -0.3 is 10.6 Å². The van der Waals surface area contributed by atoms with Gasteiger partial charge >= 0.3 is 0 Å². The highest BCUT2D eigenvalue weighted by Gasteiger charge is 2.17. The molecule has 20 heavy (non-hydrogen) atoms. The molecule has 2 aromatic carbocycles. The number of hydrogen-bond donors (Lipinski definition) is 1. The van der Waals surface area contributed by atoms with Crippen LogP contribution in [0.4, 0.5) is 25.8 Å². The number of anilines is 3. The van der Waals surface area contributed by atoms with Crippen LogP contribution >= 0.6 is 0 Å². The largest absolute Gasteiger partial charge is 0.399 e. The molecule has 2 rings (SSSR count). The van der Waals surface area contributed by atoms with Gasteiger partial charge in [-0.25, -0.2) is 8.78 Å². The number of alkyl halides is 2. The topological polar surface area (TPSA) is 29.3 Å². The molecule has 4 heteroatoms. The van der Waals surface area contributed by atoms with Crippen LogP contribution in [0.3, 0.4) is 0 Å². The molecule has 0 saturated carbocycles. The van der Waals surface area contributed by atoms with Gasteiger partial charge in [-0.1, -0.05) is 19.1 Å². The van der Waals surface area contributed by atoms with Crippen molar-refractivity contribution in [2.45, 2.75) is 19.8 Å². The number of aryl methyl sites for hydroxylation is 1. The fraction of sp³-hybridized carbons (Fsp3) is 0.250. The molecule has 0 fully saturated rings. The Kier molecular flexibility index (Phi) is 4.23. The van der Waals surface area contributed by atoms with E-state index < -0.39 is 6.43 Å². The lowest BCUT2D eigenvalue weighted by Gasteiger charge is -2.23. The molecule has 0 aliphatic heterocycles. The van der Waals surface area contributed by atoms with Crippen molar-refractivity contribution in [2.75, 3.05) is 17.7 Å². The maximum atomic E-state index is 13.1. The van der Waals surface area contributed by atoms with Crippen LogP contribution in [-0.2, 0) is 6.42 Å². The van der Waals surface area contributed by atoms with E-state index in [1.54, 1.807) is 24.1 Å². The van der Waals surface area contributed by atoms with Crippen LogP contribution in [0, 0.1) is 0 Å². The molecule has 0 aliphatic carbocycles. The van der Waals surface area contributed by atoms with Crippen LogP contribution in [-0.4, -0.2) is 7.05 Å². The second-order valence-electron chi connectivity index (χ2n) is 4.70. The average Bonchev–Trinajstić information content (AvgIpc) is 2.46. The third-order valence-electron chi connectivity index (χ3n) is 3.38. The maximum absolute atomic E-state index is 13.1. The summed E-state index contributed by atoms with van der Waals surface area (Å²) in [7, 11) is 1.78. The fourth-order valence-electron chi connectivity index (χ4n) is 2.15. The monoisotopic (exact) mass is 276 g/mol. The Morgan fingerprint density at radius 2 is 1.75 bits per heavy atom. The van der Waals surface area contributed by atoms with E-state index in [-0.39, 0.29) is 5.56 Å². The van der Waals surface area contributed by atoms with E-state index in [1.165, 1.54) is 11.6 Å². The lowest BCUT2D eigenvalue weighted by molar-refractivity contribution is 0.152. The first kappa shape index (κ1) is 14.3. The van der Waals surface area contributed by atoms with Crippen LogP contribution in [0.2, 0.25) is 0 Å². The molecule has 0 heterocycles. The van der Waals surface area contributed by atoms with Gasteiger partial charge in [0.25, 0.3) is 6.43 Å². The van der Waals surface area contributed by atoms with Crippen LogP contribution in [0.15, 0.2) is 42.5 Å². The fourth-order valence-corrected chi connectivity index (χ4v) is 2.15. The highest BCUT2D eigenvalue weighted by atomic mass is 19.3. The van der Waals surface area contributed by atoms with Crippen molar-refractivity contribution in [1.29, 1.82) is 0 Å². The Morgan fingerprint density at radius 1 is 1.10 bits per heavy atom. The lowest BCUT2D eigenvalue weighted by Crippen LogP contribution is -2.12. The quantitative estimate of drug-likeness (QED) is 0.831. The Balaban J connectivity index is 2.39. The molecule has 2 N–H and O–H groups in total. The van der Waals surface area contributed by atoms with Crippen molar-refractivity contribution in [3.63, 3.8) is 0 Å². The minimum atomic E-state index is -2.55. The van der Waals surface area contributed by atoms with Gasteiger partial charge in [-0.3, -0.25) is 0 Å². The minimum Gasteiger partial charge on any atom is -0.399 e. The second-order valence-corrected chi connectivity index (χ2v) is 4.70. The number of nitrogens with two attached hydrogens (primary N) is 1. The smallest absolute Gasteiger partial charge is 0.265 e. The first-order valence-electron chi connectivity index (χ1n) is 6.53. The SMILES string of the molecule is CCc1ccc(N(C)c2ccc(N)cc2C(F)F)cc1. The van der Waals surface area contributed by atoms with E-state index in [0.29, 0.717) is 11.4 Å². The number of hydrogen-bond acceptors (Lipinski definition) is 2. The number of rotatable bonds is 4. The summed E-state index contributed by atoms with van der Waals surface area (Å²) in [6.45, 7) is 2.08. The molecule has 0 amide bonds. The summed E-state index contributed by atoms with van der Waals surface area (Å²) in [4.78, 5) is 1.75. The highest BCUT2D eigenvalue weighted by Crippen LogP contribution is 2.34. The number of halogens is 2. The van der Waals surface area contributed by atoms with E-state index in [9.17, 15) is 8.78 Å². The van der Waals surface area contributed by atoms with Crippen LogP contribution in [0.5, 0.6) is 0 Å². The number of nitrogen functional groups attached to an aromatic ring is 1. The van der Waals surface area contributed by atoms with E-state index in [4.69, 9.17) is 5.73 Å². The van der Waals surface area contributed by atoms with Gasteiger partial charge in [-0.05, 0) is 42.3 Å². The summed E-state index contributed by atoms with van der Waals surface area (Å²) >= 11 is 0. The summed E-state index contributed by atoms with van der Waals surface area (Å²) in [5, 5.41) is 0. The van der Waals surface area contributed by atoms with Gasteiger partial charge in [-0.15, -0.1) is 0 Å². The van der Waals surface area contributed by atoms with Gasteiger partial charge in [-0.2, -0.15) is 0 Å². The van der Waals surface area contributed by atoms with Crippen LogP contribution in [0.1, 0.15) is 24.5 Å². The molecule has 0 radical (unpaired) electrons. The first-order chi connectivity index (χ1) is 9.52. The summed E-state index contributed by atoms with van der Waals surface area (Å²) < 4.78 is 26.2. The summed E-state index contributed by atoms with van der Waals surface area (Å²) in [6.07, 6.45) is -1.60. The zero-order chi connectivity index (χ0) is 14.7. The van der Waals surface area contributed by atoms with Crippen LogP contribution < -0.4 is 10.6 Å². The van der Waals surface area contributed by atoms with Gasteiger partial charge in [0.05, 0.1) is 0 Å². The molecule has 2 aromatic rings. The predicted octanol–water partition coefficient (Wildman–Crippen LogP) is 4.54. The molecule has 2 nitrogen and oxygen atoms in total. The molecule has 0 spiro atoms. The van der Waals surface area contributed by atoms with Crippen molar-refractivity contribution in [3.05, 3.63) is 53.6 Å². The Hall–Kier alpha value is -2.10. The van der Waals surface area contributed by atoms with E-state index in [0.717, 1.165) is 12.1 Å². The highest BCUT2D eigenvalue weighted by molar-refractivity contribution is 5.68. The van der Waals surface area contributed by atoms with Crippen molar-refractivity contribution in [2.24, 2.45) is 0 Å². The van der Waals surface area contributed by atoms with Gasteiger partial charge in [0, 0.05) is 29.7 Å². The van der Waals surface area contributed by atoms with Gasteiger partial charge in [0.1, 0.15) is 0 Å². The lowest BCUT2D eigenvalue weighted by atomic mass is 10.1. The van der Waals surface area contributed by atoms with Crippen molar-refractivity contribution in [3.8, 4) is 0 Å². The Morgan fingerprint density at radius 3 is 2.30 bits per heavy atom. The van der Waals surface area contributed by atoms with Crippen molar-refractivity contribution >= 4 is 17.1 Å². The third kappa shape index (κ3) is 2.90. The van der Waals surface area contributed by atoms with Gasteiger partial charge in [0.15, 0.2) is 0 Å². The molecule has 106 valence electrons. The Bertz CT molecular complexity index is 580. The molecule has 0 unspecified atom stereocenters. The number of benzene rings is 2. The van der Waals surface area contributed by atoms with Crippen molar-refractivity contribution < 1.29 is 8.78 Å². The van der Waals surface area contributed by atoms with E-state index >= 15 is 0 Å². The zero-order valence-corrected chi connectivity index (χ0v) is 11.6. The average molecular weight is 276 g/mol. The molecule has 0 atom stereocenters. The zero-order valence-electron chi connectivity index (χ0n) is 11.6. The molecular formula is C16H18F2N2. The maximum Gasteiger partial charge on any atom is 0.265 e. The standard InChI is InChI=1S/C16H18F2N2/c1-3-11-4-7-13(8-5-11)20(2)15-9-6-12(19)10-14(15)16(17)18/h4-10,16H,3,19H2,1-2H3. The van der Waals surface area contributed by atoms with E-state index in [2.05, 4.69) is 6.92 Å². The summed E-state index contributed by atoms with van der Waals surface area (Å²) in [5.74, 6) is 0. The third-order valence-corrected chi connectivity index (χ3v) is 3.38. The first-order valence-corrected chi connectivity index (χ1v) is 6.53. The van der Waals surface area contributed by atoms with E-state index in [1.807, 2.05) is 24.3 Å². The Labute approximate surface area is 117 Å². The van der Waals surface area contributed by atoms with Crippen LogP contribution in [0.25, 0.3) is 0 Å². The molecule has 0 aromatic heterocycles. The predicted molar refractivity (Wildman–Crippen MR) is 79.7 cm³/mol. The minimum absolute atomic E-state index is 0.0490. The molecular weight excluding hydrogens is 258 g/mol. The normalized spacial score (nSPS) is 10.8. The molecule has 0 saturated heterocycles. The molecule has 0 aliphatic rings. The molecule has 0 bridgehead atoms. The number of nitrogens with zero attached hydrogens (tertiary/aromatic N) is 1. The second kappa shape index (κ2) is 5.90. The van der Waals surface area contributed by atoms with Crippen molar-refractivity contribution in [1.82, 2.24) is 0 Å². The van der Waals surface area contributed by atoms with Gasteiger partial charge in [0.2, 0.25) is 0 Å². The summed E-state index contributed by atoms with van der Waals surface area (Å²) in [5.41, 5.74) is 8.44. The summed E-state index contributed by atoms with van der Waals surface area (Å²) in [6, 6.07) is 12.5.